The van der Waals surface area contributed by atoms with Crippen LogP contribution in [-0.2, 0) is 19.2 Å². The van der Waals surface area contributed by atoms with Crippen LogP contribution in [0.4, 0.5) is 0 Å². The summed E-state index contributed by atoms with van der Waals surface area (Å²) in [7, 11) is 0. The zero-order chi connectivity index (χ0) is 15.8. The molecule has 6 N–H and O–H groups in total. The molecule has 0 aliphatic carbocycles. The van der Waals surface area contributed by atoms with Gasteiger partial charge in [-0.25, -0.2) is 0 Å². The number of aliphatic carboxylic acids is 1. The van der Waals surface area contributed by atoms with E-state index in [1.807, 2.05) is 0 Å². The number of carboxylic acid groups (broad SMARTS) is 1. The first-order valence-electron chi connectivity index (χ1n) is 6.71. The van der Waals surface area contributed by atoms with Gasteiger partial charge in [-0.05, 0) is 25.8 Å². The highest BCUT2D eigenvalue weighted by Crippen LogP contribution is 2.06. The number of hydrogen-bond donors (Lipinski definition) is 5. The van der Waals surface area contributed by atoms with Crippen molar-refractivity contribution in [2.45, 2.75) is 37.8 Å². The van der Waals surface area contributed by atoms with Crippen LogP contribution in [0.5, 0.6) is 0 Å². The predicted molar refractivity (Wildman–Crippen MR) is 72.0 cm³/mol. The van der Waals surface area contributed by atoms with Gasteiger partial charge >= 0.3 is 5.97 Å². The number of hydrogen-bond acceptors (Lipinski definition) is 5. The first-order valence-corrected chi connectivity index (χ1v) is 6.71. The Morgan fingerprint density at radius 3 is 2.57 bits per heavy atom. The lowest BCUT2D eigenvalue weighted by Gasteiger charge is -2.19. The molecule has 0 bridgehead atoms. The molecular weight excluding hydrogens is 280 g/mol. The van der Waals surface area contributed by atoms with Crippen LogP contribution in [0, 0.1) is 0 Å². The lowest BCUT2D eigenvalue weighted by atomic mass is 10.1. The van der Waals surface area contributed by atoms with Crippen molar-refractivity contribution in [1.29, 1.82) is 0 Å². The molecule has 1 heterocycles. The van der Waals surface area contributed by atoms with Gasteiger partial charge in [0.15, 0.2) is 0 Å². The van der Waals surface area contributed by atoms with Crippen molar-refractivity contribution in [1.82, 2.24) is 16.0 Å². The Labute approximate surface area is 121 Å². The van der Waals surface area contributed by atoms with Crippen molar-refractivity contribution in [2.75, 3.05) is 13.1 Å². The quantitative estimate of drug-likeness (QED) is 0.340. The summed E-state index contributed by atoms with van der Waals surface area (Å²) in [5.41, 5.74) is 5.03. The maximum atomic E-state index is 12.0. The number of primary amides is 1. The average molecular weight is 300 g/mol. The first kappa shape index (κ1) is 16.9. The van der Waals surface area contributed by atoms with Gasteiger partial charge < -0.3 is 26.8 Å². The van der Waals surface area contributed by atoms with E-state index in [-0.39, 0.29) is 24.8 Å². The van der Waals surface area contributed by atoms with Crippen molar-refractivity contribution in [2.24, 2.45) is 5.73 Å². The molecule has 1 aliphatic heterocycles. The Morgan fingerprint density at radius 2 is 2.05 bits per heavy atom. The first-order chi connectivity index (χ1) is 9.90. The van der Waals surface area contributed by atoms with E-state index in [4.69, 9.17) is 10.8 Å². The Kier molecular flexibility index (Phi) is 6.60. The van der Waals surface area contributed by atoms with E-state index in [1.165, 1.54) is 0 Å². The van der Waals surface area contributed by atoms with Crippen LogP contribution in [0.15, 0.2) is 0 Å². The maximum absolute atomic E-state index is 12.0. The van der Waals surface area contributed by atoms with E-state index < -0.39 is 30.4 Å². The zero-order valence-corrected chi connectivity index (χ0v) is 11.6. The molecule has 1 aliphatic rings. The van der Waals surface area contributed by atoms with E-state index >= 15 is 0 Å². The summed E-state index contributed by atoms with van der Waals surface area (Å²) < 4.78 is 0. The highest BCUT2D eigenvalue weighted by Gasteiger charge is 2.27. The highest BCUT2D eigenvalue weighted by atomic mass is 16.4. The number of rotatable bonds is 8. The predicted octanol–water partition coefficient (Wildman–Crippen LogP) is -2.31. The minimum Gasteiger partial charge on any atom is -0.480 e. The minimum absolute atomic E-state index is 0.0270. The van der Waals surface area contributed by atoms with Gasteiger partial charge in [0.1, 0.15) is 12.6 Å². The number of amides is 3. The summed E-state index contributed by atoms with van der Waals surface area (Å²) in [6.07, 6.45) is 1.49. The number of nitrogens with one attached hydrogen (secondary N) is 3. The fourth-order valence-corrected chi connectivity index (χ4v) is 2.02. The smallest absolute Gasteiger partial charge is 0.322 e. The van der Waals surface area contributed by atoms with Crippen LogP contribution in [0.1, 0.15) is 25.7 Å². The molecule has 1 fully saturated rings. The molecule has 2 unspecified atom stereocenters. The number of carbonyl (C=O) groups excluding carboxylic acids is 3. The fourth-order valence-electron chi connectivity index (χ4n) is 2.02. The van der Waals surface area contributed by atoms with E-state index in [9.17, 15) is 19.2 Å². The van der Waals surface area contributed by atoms with Gasteiger partial charge in [-0.2, -0.15) is 0 Å². The normalized spacial score (nSPS) is 18.8. The molecule has 0 saturated carbocycles. The Bertz CT molecular complexity index is 420. The molecule has 0 aromatic rings. The largest absolute Gasteiger partial charge is 0.480 e. The average Bonchev–Trinajstić information content (AvgIpc) is 2.94. The molecule has 9 heteroatoms. The van der Waals surface area contributed by atoms with Crippen LogP contribution in [-0.4, -0.2) is 54.0 Å². The molecule has 2 atom stereocenters. The van der Waals surface area contributed by atoms with Gasteiger partial charge in [0.2, 0.25) is 17.7 Å². The molecule has 1 rings (SSSR count). The van der Waals surface area contributed by atoms with E-state index in [0.29, 0.717) is 6.42 Å². The topological polar surface area (TPSA) is 151 Å². The molecule has 3 amide bonds. The van der Waals surface area contributed by atoms with E-state index in [2.05, 4.69) is 16.0 Å². The van der Waals surface area contributed by atoms with Gasteiger partial charge in [-0.1, -0.05) is 0 Å². The SMILES string of the molecule is NC(=O)CCC(NC(=O)C1CCCN1)C(=O)NCC(=O)O. The molecular formula is C12H20N4O5. The maximum Gasteiger partial charge on any atom is 0.322 e. The summed E-state index contributed by atoms with van der Waals surface area (Å²) in [4.78, 5) is 45.0. The Balaban J connectivity index is 2.57. The van der Waals surface area contributed by atoms with Gasteiger partial charge in [-0.15, -0.1) is 0 Å². The van der Waals surface area contributed by atoms with Gasteiger partial charge in [0, 0.05) is 6.42 Å². The van der Waals surface area contributed by atoms with Crippen molar-refractivity contribution < 1.29 is 24.3 Å². The second-order valence-electron chi connectivity index (χ2n) is 4.83. The second-order valence-corrected chi connectivity index (χ2v) is 4.83. The summed E-state index contributed by atoms with van der Waals surface area (Å²) >= 11 is 0. The van der Waals surface area contributed by atoms with Crippen molar-refractivity contribution in [3.63, 3.8) is 0 Å². The Morgan fingerprint density at radius 1 is 1.33 bits per heavy atom. The van der Waals surface area contributed by atoms with E-state index in [0.717, 1.165) is 13.0 Å². The number of nitrogens with two attached hydrogens (primary N) is 1. The molecule has 9 nitrogen and oxygen atoms in total. The monoisotopic (exact) mass is 300 g/mol. The molecule has 0 radical (unpaired) electrons. The summed E-state index contributed by atoms with van der Waals surface area (Å²) in [6, 6.07) is -1.35. The Hall–Kier alpha value is -2.16. The molecule has 0 spiro atoms. The fraction of sp³-hybridized carbons (Fsp3) is 0.667. The summed E-state index contributed by atoms with van der Waals surface area (Å²) in [5, 5.41) is 16.2. The highest BCUT2D eigenvalue weighted by molar-refractivity contribution is 5.91. The molecule has 1 saturated heterocycles. The van der Waals surface area contributed by atoms with Crippen molar-refractivity contribution in [3.05, 3.63) is 0 Å². The van der Waals surface area contributed by atoms with Gasteiger partial charge in [0.25, 0.3) is 0 Å². The summed E-state index contributed by atoms with van der Waals surface area (Å²) in [5.74, 6) is -2.78. The number of carboxylic acids is 1. The van der Waals surface area contributed by atoms with E-state index in [1.54, 1.807) is 0 Å². The third kappa shape index (κ3) is 6.21. The molecule has 0 aromatic carbocycles. The third-order valence-electron chi connectivity index (χ3n) is 3.10. The third-order valence-corrected chi connectivity index (χ3v) is 3.10. The van der Waals surface area contributed by atoms with Gasteiger partial charge in [-0.3, -0.25) is 19.2 Å². The van der Waals surface area contributed by atoms with Crippen LogP contribution in [0.3, 0.4) is 0 Å². The molecule has 118 valence electrons. The van der Waals surface area contributed by atoms with Gasteiger partial charge in [0.05, 0.1) is 6.04 Å². The van der Waals surface area contributed by atoms with Crippen molar-refractivity contribution >= 4 is 23.7 Å². The number of carbonyl (C=O) groups is 4. The zero-order valence-electron chi connectivity index (χ0n) is 11.6. The summed E-state index contributed by atoms with van der Waals surface area (Å²) in [6.45, 7) is 0.179. The van der Waals surface area contributed by atoms with Crippen LogP contribution in [0.25, 0.3) is 0 Å². The molecule has 0 aromatic heterocycles. The van der Waals surface area contributed by atoms with Crippen LogP contribution < -0.4 is 21.7 Å². The minimum atomic E-state index is -1.19. The lowest BCUT2D eigenvalue weighted by molar-refractivity contribution is -0.138. The molecule has 21 heavy (non-hydrogen) atoms. The lowest BCUT2D eigenvalue weighted by Crippen LogP contribution is -2.52. The second kappa shape index (κ2) is 8.20. The van der Waals surface area contributed by atoms with Crippen molar-refractivity contribution in [3.8, 4) is 0 Å². The van der Waals surface area contributed by atoms with Crippen LogP contribution in [0.2, 0.25) is 0 Å². The standard InChI is InChI=1S/C12H20N4O5/c13-9(17)4-3-8(11(20)15-6-10(18)19)16-12(21)7-2-1-5-14-7/h7-8,14H,1-6H2,(H2,13,17)(H,15,20)(H,16,21)(H,18,19). The van der Waals surface area contributed by atoms with Crippen LogP contribution >= 0.6 is 0 Å².